The third kappa shape index (κ3) is 7.71. The number of aliphatic hydroxyl groups excluding tert-OH is 1. The van der Waals surface area contributed by atoms with Gasteiger partial charge in [-0.3, -0.25) is 14.9 Å². The van der Waals surface area contributed by atoms with E-state index in [-0.39, 0.29) is 46.9 Å². The summed E-state index contributed by atoms with van der Waals surface area (Å²) in [6.07, 6.45) is 0. The third-order valence-electron chi connectivity index (χ3n) is 3.37. The van der Waals surface area contributed by atoms with Gasteiger partial charge in [-0.05, 0) is 19.1 Å². The van der Waals surface area contributed by atoms with Gasteiger partial charge in [-0.2, -0.15) is 0 Å². The Bertz CT molecular complexity index is 1140. The molecular weight excluding hydrogens is 483 g/mol. The molecule has 0 bridgehead atoms. The molecule has 0 aromatic heterocycles. The number of anilines is 1. The number of rotatable bonds is 6. The molecule has 3 N–H and O–H groups in total. The number of aromatic hydroxyl groups is 1. The van der Waals surface area contributed by atoms with Crippen molar-refractivity contribution in [2.75, 3.05) is 5.32 Å². The molecule has 0 spiro atoms. The molecule has 31 heavy (non-hydrogen) atoms. The second-order valence-corrected chi connectivity index (χ2v) is 6.83. The van der Waals surface area contributed by atoms with Crippen LogP contribution in [0.5, 0.6) is 5.75 Å². The summed E-state index contributed by atoms with van der Waals surface area (Å²) < 4.78 is 33.6. The average Bonchev–Trinajstić information content (AvgIpc) is 2.62. The molecule has 0 aliphatic rings. The maximum Gasteiger partial charge on any atom is 1.00 e. The van der Waals surface area contributed by atoms with E-state index in [1.807, 2.05) is 0 Å². The number of benzene rings is 2. The number of allylic oxidation sites excluding steroid dienone is 1. The van der Waals surface area contributed by atoms with Gasteiger partial charge >= 0.3 is 29.6 Å². The van der Waals surface area contributed by atoms with Gasteiger partial charge in [-0.15, -0.1) is 10.2 Å². The van der Waals surface area contributed by atoms with Crippen LogP contribution in [0.2, 0.25) is 0 Å². The van der Waals surface area contributed by atoms with E-state index < -0.39 is 54.4 Å². The minimum Gasteiger partial charge on any atom is -0.744 e. The number of carbonyl (C=O) groups excluding carboxylic acids is 1. The van der Waals surface area contributed by atoms with Crippen molar-refractivity contribution in [2.24, 2.45) is 10.2 Å². The summed E-state index contributed by atoms with van der Waals surface area (Å²) in [6.45, 7) is 1.11. The van der Waals surface area contributed by atoms with Gasteiger partial charge < -0.3 is 20.1 Å². The van der Waals surface area contributed by atoms with Gasteiger partial charge in [0.25, 0.3) is 11.6 Å². The van der Waals surface area contributed by atoms with Gasteiger partial charge in [0, 0.05) is 35.2 Å². The van der Waals surface area contributed by atoms with E-state index in [1.54, 1.807) is 30.3 Å². The molecule has 2 aromatic rings. The Morgan fingerprint density at radius 3 is 2.26 bits per heavy atom. The van der Waals surface area contributed by atoms with Gasteiger partial charge in [-0.25, -0.2) is 8.42 Å². The van der Waals surface area contributed by atoms with Crippen molar-refractivity contribution in [2.45, 2.75) is 11.8 Å². The van der Waals surface area contributed by atoms with Crippen LogP contribution in [0.4, 0.5) is 17.1 Å². The quantitative estimate of drug-likeness (QED) is 0.0923. The molecule has 0 fully saturated rings. The van der Waals surface area contributed by atoms with Crippen LogP contribution in [0.25, 0.3) is 0 Å². The Kier molecular flexibility index (Phi) is 11.0. The van der Waals surface area contributed by atoms with E-state index in [1.165, 1.54) is 0 Å². The van der Waals surface area contributed by atoms with Crippen LogP contribution < -0.4 is 34.9 Å². The fourth-order valence-corrected chi connectivity index (χ4v) is 2.66. The Morgan fingerprint density at radius 2 is 1.77 bits per heavy atom. The maximum absolute atomic E-state index is 12.3. The number of aliphatic hydroxyl groups is 1. The molecule has 0 radical (unpaired) electrons. The SMILES string of the molecule is CC(O)=C(N=Nc1cc([N+](=O)[O-])cc(S(=O)(=O)[O-])c1O)C(=O)Nc1ccccc1.[Cr].[Na+]. The van der Waals surface area contributed by atoms with E-state index >= 15 is 0 Å². The maximum atomic E-state index is 12.3. The first kappa shape index (κ1) is 28.7. The Morgan fingerprint density at radius 1 is 1.19 bits per heavy atom. The van der Waals surface area contributed by atoms with Crippen molar-refractivity contribution in [1.29, 1.82) is 0 Å². The van der Waals surface area contributed by atoms with E-state index in [0.29, 0.717) is 17.8 Å². The molecule has 0 unspecified atom stereocenters. The first-order valence-electron chi connectivity index (χ1n) is 7.66. The first-order valence-corrected chi connectivity index (χ1v) is 9.07. The summed E-state index contributed by atoms with van der Waals surface area (Å²) in [5.74, 6) is -2.67. The fourth-order valence-electron chi connectivity index (χ4n) is 2.05. The Labute approximate surface area is 209 Å². The smallest absolute Gasteiger partial charge is 0.744 e. The van der Waals surface area contributed by atoms with Crippen molar-refractivity contribution in [3.8, 4) is 5.75 Å². The molecule has 0 saturated heterocycles. The number of nitrogens with one attached hydrogen (secondary N) is 1. The molecule has 15 heteroatoms. The number of para-hydroxylation sites is 1. The van der Waals surface area contributed by atoms with Gasteiger partial charge in [0.05, 0.1) is 4.92 Å². The Balaban J connectivity index is 0.00000450. The first-order chi connectivity index (χ1) is 13.5. The van der Waals surface area contributed by atoms with Gasteiger partial charge in [-0.1, -0.05) is 18.2 Å². The monoisotopic (exact) mass is 496 g/mol. The molecule has 2 rings (SSSR count). The number of nitrogens with zero attached hydrogens (tertiary/aromatic N) is 3. The van der Waals surface area contributed by atoms with Crippen molar-refractivity contribution < 1.29 is 79.8 Å². The molecule has 0 saturated carbocycles. The van der Waals surface area contributed by atoms with Crippen LogP contribution in [-0.4, -0.2) is 34.0 Å². The number of phenolic OH excluding ortho intramolecular Hbond substituents is 1. The minimum absolute atomic E-state index is 0. The molecule has 0 aliphatic carbocycles. The Hall–Kier alpha value is -2.31. The molecule has 1 amide bonds. The number of hydrogen-bond donors (Lipinski definition) is 3. The van der Waals surface area contributed by atoms with Crippen LogP contribution in [0.1, 0.15) is 6.92 Å². The largest absolute Gasteiger partial charge is 1.00 e. The molecule has 12 nitrogen and oxygen atoms in total. The minimum atomic E-state index is -5.27. The van der Waals surface area contributed by atoms with Crippen molar-refractivity contribution >= 4 is 33.1 Å². The summed E-state index contributed by atoms with van der Waals surface area (Å²) in [6, 6.07) is 9.10. The molecule has 0 aliphatic heterocycles. The van der Waals surface area contributed by atoms with Gasteiger partial charge in [0.1, 0.15) is 26.5 Å². The van der Waals surface area contributed by atoms with Crippen LogP contribution in [0, 0.1) is 10.1 Å². The summed E-state index contributed by atoms with van der Waals surface area (Å²) in [5.41, 5.74) is -1.87. The summed E-state index contributed by atoms with van der Waals surface area (Å²) in [5, 5.41) is 39.8. The topological polar surface area (TPSA) is 195 Å². The fraction of sp³-hybridized carbons (Fsp3) is 0.0625. The van der Waals surface area contributed by atoms with Crippen LogP contribution in [-0.2, 0) is 32.3 Å². The number of nitro groups is 1. The molecular formula is C16H13CrN4NaO8S. The van der Waals surface area contributed by atoms with Crippen LogP contribution in [0.3, 0.4) is 0 Å². The predicted octanol–water partition coefficient (Wildman–Crippen LogP) is -0.282. The number of hydrogen-bond acceptors (Lipinski definition) is 10. The zero-order valence-corrected chi connectivity index (χ0v) is 20.1. The molecule has 0 atom stereocenters. The number of non-ortho nitro benzene ring substituents is 1. The van der Waals surface area contributed by atoms with E-state index in [4.69, 9.17) is 0 Å². The van der Waals surface area contributed by atoms with Gasteiger partial charge in [0.15, 0.2) is 11.4 Å². The summed E-state index contributed by atoms with van der Waals surface area (Å²) in [7, 11) is -5.27. The third-order valence-corrected chi connectivity index (χ3v) is 4.22. The second-order valence-electron chi connectivity index (χ2n) is 5.48. The zero-order valence-electron chi connectivity index (χ0n) is 16.0. The number of phenols is 1. The van der Waals surface area contributed by atoms with Gasteiger partial charge in [0.2, 0.25) is 0 Å². The summed E-state index contributed by atoms with van der Waals surface area (Å²) >= 11 is 0. The van der Waals surface area contributed by atoms with E-state index in [9.17, 15) is 38.1 Å². The normalized spacial score (nSPS) is 11.7. The number of amides is 1. The average molecular weight is 496 g/mol. The second kappa shape index (κ2) is 11.9. The zero-order chi connectivity index (χ0) is 21.8. The van der Waals surface area contributed by atoms with E-state index in [2.05, 4.69) is 15.5 Å². The van der Waals surface area contributed by atoms with E-state index in [0.717, 1.165) is 6.92 Å². The molecule has 0 heterocycles. The standard InChI is InChI=1S/C16H14N4O8S.Cr.Na/c1-9(21)14(16(23)17-10-5-3-2-4-6-10)19-18-12-7-11(20(24)25)8-13(15(12)22)29(26,27)28;;/h2-8,21-22H,1H3,(H,17,23)(H,26,27,28);;/q;;+1/p-1. The number of carbonyl (C=O) groups is 1. The van der Waals surface area contributed by atoms with Crippen molar-refractivity contribution in [1.82, 2.24) is 0 Å². The number of azo groups is 1. The number of nitro benzene ring substituents is 1. The van der Waals surface area contributed by atoms with Crippen LogP contribution >= 0.6 is 0 Å². The molecule has 158 valence electrons. The van der Waals surface area contributed by atoms with Crippen LogP contribution in [0.15, 0.2) is 69.0 Å². The van der Waals surface area contributed by atoms with Crippen molar-refractivity contribution in [3.05, 3.63) is 64.0 Å². The summed E-state index contributed by atoms with van der Waals surface area (Å²) in [4.78, 5) is 20.9. The molecule has 2 aromatic carbocycles. The predicted molar refractivity (Wildman–Crippen MR) is 97.6 cm³/mol. The van der Waals surface area contributed by atoms with Crippen molar-refractivity contribution in [3.63, 3.8) is 0 Å².